The zero-order valence-electron chi connectivity index (χ0n) is 21.8. The van der Waals surface area contributed by atoms with Gasteiger partial charge < -0.3 is 14.8 Å². The minimum absolute atomic E-state index is 0.0111. The van der Waals surface area contributed by atoms with Crippen LogP contribution in [0.25, 0.3) is 0 Å². The first-order chi connectivity index (χ1) is 15.8. The van der Waals surface area contributed by atoms with E-state index in [2.05, 4.69) is 38.2 Å². The van der Waals surface area contributed by atoms with E-state index in [1.807, 2.05) is 63.7 Å². The van der Waals surface area contributed by atoms with Crippen LogP contribution in [0, 0.1) is 5.41 Å². The first-order valence-corrected chi connectivity index (χ1v) is 12.7. The van der Waals surface area contributed by atoms with Crippen molar-refractivity contribution in [3.63, 3.8) is 0 Å². The van der Waals surface area contributed by atoms with E-state index in [0.717, 1.165) is 33.9 Å². The van der Waals surface area contributed by atoms with Gasteiger partial charge in [0.15, 0.2) is 0 Å². The molecule has 186 valence electrons. The maximum absolute atomic E-state index is 12.5. The lowest BCUT2D eigenvalue weighted by molar-refractivity contribution is -0.142. The van der Waals surface area contributed by atoms with Gasteiger partial charge in [-0.25, -0.2) is 0 Å². The molecular weight excluding hydrogens is 446 g/mol. The van der Waals surface area contributed by atoms with Crippen molar-refractivity contribution in [1.82, 2.24) is 0 Å². The Morgan fingerprint density at radius 1 is 0.941 bits per heavy atom. The lowest BCUT2D eigenvalue weighted by Gasteiger charge is -2.21. The van der Waals surface area contributed by atoms with Crippen molar-refractivity contribution >= 4 is 29.3 Å². The second-order valence-electron chi connectivity index (χ2n) is 10.4. The van der Waals surface area contributed by atoms with Crippen molar-refractivity contribution in [2.24, 2.45) is 5.41 Å². The van der Waals surface area contributed by atoms with E-state index in [1.54, 1.807) is 7.11 Å². The van der Waals surface area contributed by atoms with Crippen LogP contribution >= 0.6 is 11.8 Å². The summed E-state index contributed by atoms with van der Waals surface area (Å²) in [5, 5.41) is 3.05. The van der Waals surface area contributed by atoms with Crippen LogP contribution in [-0.4, -0.2) is 30.3 Å². The summed E-state index contributed by atoms with van der Waals surface area (Å²) in [5.74, 6) is 1.36. The van der Waals surface area contributed by atoms with Crippen molar-refractivity contribution in [2.75, 3.05) is 19.0 Å². The zero-order chi connectivity index (χ0) is 25.5. The molecule has 34 heavy (non-hydrogen) atoms. The third-order valence-electron chi connectivity index (χ3n) is 5.19. The van der Waals surface area contributed by atoms with Crippen LogP contribution in [0.15, 0.2) is 36.4 Å². The molecule has 2 aromatic rings. The molecule has 0 bridgehead atoms. The fourth-order valence-corrected chi connectivity index (χ4v) is 4.14. The Bertz CT molecular complexity index is 1000. The Morgan fingerprint density at radius 2 is 1.65 bits per heavy atom. The molecular formula is C28H39NO4S. The molecule has 0 atom stereocenters. The third kappa shape index (κ3) is 8.71. The summed E-state index contributed by atoms with van der Waals surface area (Å²) in [5.41, 5.74) is 4.58. The molecule has 2 rings (SSSR count). The normalized spacial score (nSPS) is 11.8. The van der Waals surface area contributed by atoms with Crippen LogP contribution in [-0.2, 0) is 32.9 Å². The minimum atomic E-state index is -0.467. The van der Waals surface area contributed by atoms with Crippen LogP contribution in [0.4, 0.5) is 5.69 Å². The molecule has 0 unspecified atom stereocenters. The molecule has 0 saturated heterocycles. The van der Waals surface area contributed by atoms with Crippen LogP contribution in [0.3, 0.4) is 0 Å². The molecule has 0 aliphatic carbocycles. The second kappa shape index (κ2) is 11.8. The first kappa shape index (κ1) is 27.8. The van der Waals surface area contributed by atoms with Crippen molar-refractivity contribution in [2.45, 2.75) is 71.8 Å². The number of nitrogens with one attached hydrogen (secondary N) is 1. The number of benzene rings is 2. The van der Waals surface area contributed by atoms with Gasteiger partial charge in [-0.05, 0) is 47.4 Å². The van der Waals surface area contributed by atoms with Crippen molar-refractivity contribution in [3.8, 4) is 5.75 Å². The molecule has 5 nitrogen and oxygen atoms in total. The smallest absolute Gasteiger partial charge is 0.310 e. The number of esters is 1. The summed E-state index contributed by atoms with van der Waals surface area (Å²) < 4.78 is 10.8. The quantitative estimate of drug-likeness (QED) is 0.416. The number of amides is 1. The monoisotopic (exact) mass is 485 g/mol. The molecule has 1 amide bonds. The molecule has 0 heterocycles. The fourth-order valence-electron chi connectivity index (χ4n) is 3.29. The average Bonchev–Trinajstić information content (AvgIpc) is 2.73. The van der Waals surface area contributed by atoms with Crippen LogP contribution < -0.4 is 10.1 Å². The Morgan fingerprint density at radius 3 is 2.24 bits per heavy atom. The Kier molecular flexibility index (Phi) is 9.63. The average molecular weight is 486 g/mol. The molecule has 0 aliphatic heterocycles. The molecule has 0 spiro atoms. The second-order valence-corrected chi connectivity index (χ2v) is 12.2. The molecule has 6 heteroatoms. The molecule has 0 aliphatic rings. The summed E-state index contributed by atoms with van der Waals surface area (Å²) in [4.78, 5) is 24.5. The first-order valence-electron chi connectivity index (χ1n) is 11.7. The van der Waals surface area contributed by atoms with Crippen LogP contribution in [0.2, 0.25) is 0 Å². The van der Waals surface area contributed by atoms with E-state index in [0.29, 0.717) is 13.0 Å². The molecule has 0 saturated carbocycles. The van der Waals surface area contributed by atoms with Gasteiger partial charge in [0.2, 0.25) is 5.91 Å². The Hall–Kier alpha value is -2.47. The predicted molar refractivity (Wildman–Crippen MR) is 142 cm³/mol. The van der Waals surface area contributed by atoms with E-state index < -0.39 is 5.41 Å². The van der Waals surface area contributed by atoms with Gasteiger partial charge in [0.25, 0.3) is 0 Å². The van der Waals surface area contributed by atoms with Gasteiger partial charge >= 0.3 is 5.97 Å². The Balaban J connectivity index is 2.38. The van der Waals surface area contributed by atoms with Crippen LogP contribution in [0.1, 0.15) is 70.7 Å². The number of carbonyl (C=O) groups is 2. The number of methoxy groups -OCH3 is 1. The fraction of sp³-hybridized carbons (Fsp3) is 0.500. The molecule has 1 N–H and O–H groups in total. The Labute approximate surface area is 209 Å². The highest BCUT2D eigenvalue weighted by atomic mass is 32.2. The maximum atomic E-state index is 12.5. The van der Waals surface area contributed by atoms with E-state index in [1.165, 1.54) is 5.56 Å². The van der Waals surface area contributed by atoms with Gasteiger partial charge in [-0.1, -0.05) is 59.7 Å². The number of hydrogen-bond acceptors (Lipinski definition) is 5. The van der Waals surface area contributed by atoms with Crippen molar-refractivity contribution < 1.29 is 19.1 Å². The number of ether oxygens (including phenoxy) is 2. The number of carbonyl (C=O) groups excluding carboxylic acids is 2. The van der Waals surface area contributed by atoms with Gasteiger partial charge in [-0.15, -0.1) is 0 Å². The lowest BCUT2D eigenvalue weighted by atomic mass is 9.95. The van der Waals surface area contributed by atoms with Gasteiger partial charge in [-0.3, -0.25) is 9.59 Å². The highest BCUT2D eigenvalue weighted by molar-refractivity contribution is 7.99. The summed E-state index contributed by atoms with van der Waals surface area (Å²) in [7, 11) is 1.66. The van der Waals surface area contributed by atoms with Gasteiger partial charge in [-0.2, -0.15) is 11.8 Å². The summed E-state index contributed by atoms with van der Waals surface area (Å²) in [6, 6.07) is 11.9. The summed E-state index contributed by atoms with van der Waals surface area (Å²) in [6.07, 6.45) is 0.892. The van der Waals surface area contributed by atoms with Crippen LogP contribution in [0.5, 0.6) is 5.75 Å². The number of anilines is 1. The lowest BCUT2D eigenvalue weighted by Crippen LogP contribution is -2.27. The number of hydrogen-bond donors (Lipinski definition) is 1. The molecule has 0 radical (unpaired) electrons. The highest BCUT2D eigenvalue weighted by Gasteiger charge is 2.22. The minimum Gasteiger partial charge on any atom is -0.496 e. The van der Waals surface area contributed by atoms with Gasteiger partial charge in [0, 0.05) is 28.0 Å². The predicted octanol–water partition coefficient (Wildman–Crippen LogP) is 6.41. The van der Waals surface area contributed by atoms with Gasteiger partial charge in [0.05, 0.1) is 20.1 Å². The SMILES string of the molecule is CCOC(=O)Cc1ccc(OC)c(Cc2ccc(NC(=O)C(C)(C)C)cc2CSC(C)(C)C)c1. The largest absolute Gasteiger partial charge is 0.496 e. The van der Waals surface area contributed by atoms with E-state index in [-0.39, 0.29) is 23.0 Å². The molecule has 2 aromatic carbocycles. The third-order valence-corrected chi connectivity index (χ3v) is 6.51. The van der Waals surface area contributed by atoms with E-state index in [4.69, 9.17) is 9.47 Å². The topological polar surface area (TPSA) is 64.6 Å². The van der Waals surface area contributed by atoms with E-state index in [9.17, 15) is 9.59 Å². The summed E-state index contributed by atoms with van der Waals surface area (Å²) >= 11 is 1.87. The van der Waals surface area contributed by atoms with Crippen molar-refractivity contribution in [1.29, 1.82) is 0 Å². The maximum Gasteiger partial charge on any atom is 0.310 e. The number of rotatable bonds is 9. The molecule has 0 aromatic heterocycles. The summed E-state index contributed by atoms with van der Waals surface area (Å²) in [6.45, 7) is 14.5. The number of thioether (sulfide) groups is 1. The van der Waals surface area contributed by atoms with E-state index >= 15 is 0 Å². The van der Waals surface area contributed by atoms with Crippen molar-refractivity contribution in [3.05, 3.63) is 58.7 Å². The van der Waals surface area contributed by atoms with Gasteiger partial charge in [0.1, 0.15) is 5.75 Å². The zero-order valence-corrected chi connectivity index (χ0v) is 22.7. The molecule has 0 fully saturated rings. The highest BCUT2D eigenvalue weighted by Crippen LogP contribution is 2.32. The standard InChI is InChI=1S/C28H39NO4S/c1-9-33-25(30)15-19-10-13-24(32-8)21(14-19)16-20-11-12-23(29-26(31)27(2,3)4)17-22(20)18-34-28(5,6)7/h10-14,17H,9,15-16,18H2,1-8H3,(H,29,31).